The van der Waals surface area contributed by atoms with Crippen LogP contribution in [-0.4, -0.2) is 57.5 Å². The number of carbonyl (C=O) groups excluding carboxylic acids is 2. The number of rotatable bonds is 6. The van der Waals surface area contributed by atoms with Crippen LogP contribution in [-0.2, 0) is 30.8 Å². The first-order chi connectivity index (χ1) is 13.7. The van der Waals surface area contributed by atoms with Crippen LogP contribution in [0.5, 0.6) is 5.75 Å². The molecule has 1 N–H and O–H groups in total. The van der Waals surface area contributed by atoms with Gasteiger partial charge >= 0.3 is 12.6 Å². The molecule has 1 aromatic rings. The van der Waals surface area contributed by atoms with Crippen molar-refractivity contribution in [3.63, 3.8) is 0 Å². The first-order valence-corrected chi connectivity index (χ1v) is 10.3. The molecular formula is C18H20F2N2O6S. The van der Waals surface area contributed by atoms with Crippen molar-refractivity contribution in [3.05, 3.63) is 34.2 Å². The highest BCUT2D eigenvalue weighted by Crippen LogP contribution is 2.32. The lowest BCUT2D eigenvalue weighted by Crippen LogP contribution is -2.57. The topological polar surface area (TPSA) is 102 Å². The fraction of sp³-hybridized carbons (Fsp3) is 0.444. The van der Waals surface area contributed by atoms with E-state index in [1.165, 1.54) is 24.3 Å². The number of carbonyl (C=O) groups is 2. The van der Waals surface area contributed by atoms with Crippen molar-refractivity contribution in [3.8, 4) is 5.75 Å². The number of halogens is 2. The highest BCUT2D eigenvalue weighted by Gasteiger charge is 2.41. The van der Waals surface area contributed by atoms with Gasteiger partial charge in [0.1, 0.15) is 11.8 Å². The number of nitrogens with zero attached hydrogens (tertiary/aromatic N) is 1. The average Bonchev–Trinajstić information content (AvgIpc) is 2.68. The van der Waals surface area contributed by atoms with Crippen LogP contribution < -0.4 is 10.1 Å². The maximum absolute atomic E-state index is 13.2. The maximum Gasteiger partial charge on any atom is 0.387 e. The summed E-state index contributed by atoms with van der Waals surface area (Å²) < 4.78 is 61.1. The van der Waals surface area contributed by atoms with E-state index in [2.05, 4.69) is 14.8 Å². The zero-order valence-electron chi connectivity index (χ0n) is 15.6. The Kier molecular flexibility index (Phi) is 6.18. The second kappa shape index (κ2) is 8.46. The van der Waals surface area contributed by atoms with Crippen LogP contribution in [0.4, 0.5) is 8.78 Å². The lowest BCUT2D eigenvalue weighted by atomic mass is 9.97. The summed E-state index contributed by atoms with van der Waals surface area (Å²) in [6.45, 7) is -2.78. The largest absolute Gasteiger partial charge is 0.469 e. The van der Waals surface area contributed by atoms with Gasteiger partial charge < -0.3 is 14.8 Å². The predicted octanol–water partition coefficient (Wildman–Crippen LogP) is 1.27. The fourth-order valence-corrected chi connectivity index (χ4v) is 5.16. The van der Waals surface area contributed by atoms with Crippen molar-refractivity contribution in [1.82, 2.24) is 9.62 Å². The number of fused-ring (bicyclic) bond motifs is 1. The van der Waals surface area contributed by atoms with Crippen LogP contribution in [0.2, 0.25) is 0 Å². The Morgan fingerprint density at radius 1 is 1.34 bits per heavy atom. The van der Waals surface area contributed by atoms with Gasteiger partial charge in [-0.1, -0.05) is 6.07 Å². The molecule has 1 saturated heterocycles. The Bertz CT molecular complexity index is 948. The highest BCUT2D eigenvalue weighted by molar-refractivity contribution is 7.93. The molecule has 0 radical (unpaired) electrons. The molecule has 29 heavy (non-hydrogen) atoms. The van der Waals surface area contributed by atoms with Crippen molar-refractivity contribution >= 4 is 28.0 Å². The SMILES string of the molecule is COC(=O)CC1C(=O)NCCN1S(=O)(=O)C1=Cc2ccc(OC(F)F)cc2CC1. The van der Waals surface area contributed by atoms with Crippen molar-refractivity contribution in [2.24, 2.45) is 0 Å². The number of nitrogens with one attached hydrogen (secondary N) is 1. The molecule has 2 aliphatic rings. The van der Waals surface area contributed by atoms with E-state index in [1.54, 1.807) is 0 Å². The number of allylic oxidation sites excluding steroid dienone is 1. The summed E-state index contributed by atoms with van der Waals surface area (Å²) in [6.07, 6.45) is 1.51. The molecule has 8 nitrogen and oxygen atoms in total. The molecule has 0 bridgehead atoms. The molecule has 0 aromatic heterocycles. The minimum atomic E-state index is -4.02. The molecule has 0 spiro atoms. The summed E-state index contributed by atoms with van der Waals surface area (Å²) in [7, 11) is -2.86. The van der Waals surface area contributed by atoms with Gasteiger partial charge in [0.05, 0.1) is 18.4 Å². The van der Waals surface area contributed by atoms with Gasteiger partial charge in [-0.25, -0.2) is 8.42 Å². The van der Waals surface area contributed by atoms with Gasteiger partial charge in [0.15, 0.2) is 0 Å². The van der Waals surface area contributed by atoms with Crippen molar-refractivity contribution < 1.29 is 36.3 Å². The minimum absolute atomic E-state index is 0.00398. The highest BCUT2D eigenvalue weighted by atomic mass is 32.2. The molecular weight excluding hydrogens is 410 g/mol. The Morgan fingerprint density at radius 3 is 2.79 bits per heavy atom. The van der Waals surface area contributed by atoms with E-state index in [4.69, 9.17) is 0 Å². The van der Waals surface area contributed by atoms with E-state index >= 15 is 0 Å². The van der Waals surface area contributed by atoms with Gasteiger partial charge in [-0.05, 0) is 42.2 Å². The van der Waals surface area contributed by atoms with Crippen LogP contribution in [0.1, 0.15) is 24.0 Å². The molecule has 1 amide bonds. The van der Waals surface area contributed by atoms with E-state index in [9.17, 15) is 26.8 Å². The van der Waals surface area contributed by atoms with Gasteiger partial charge in [0.25, 0.3) is 0 Å². The van der Waals surface area contributed by atoms with E-state index in [0.717, 1.165) is 11.4 Å². The van der Waals surface area contributed by atoms with Gasteiger partial charge in [-0.3, -0.25) is 9.59 Å². The van der Waals surface area contributed by atoms with Crippen LogP contribution >= 0.6 is 0 Å². The smallest absolute Gasteiger partial charge is 0.387 e. The third-order valence-corrected chi connectivity index (χ3v) is 6.85. The van der Waals surface area contributed by atoms with Crippen LogP contribution in [0.15, 0.2) is 23.1 Å². The summed E-state index contributed by atoms with van der Waals surface area (Å²) in [6, 6.07) is 3.11. The third-order valence-electron chi connectivity index (χ3n) is 4.81. The molecule has 3 rings (SSSR count). The number of hydrogen-bond acceptors (Lipinski definition) is 6. The number of aryl methyl sites for hydroxylation is 1. The number of alkyl halides is 2. The van der Waals surface area contributed by atoms with Crippen LogP contribution in [0.25, 0.3) is 6.08 Å². The second-order valence-electron chi connectivity index (χ2n) is 6.55. The van der Waals surface area contributed by atoms with Crippen molar-refractivity contribution in [2.75, 3.05) is 20.2 Å². The Morgan fingerprint density at radius 2 is 2.10 bits per heavy atom. The number of methoxy groups -OCH3 is 1. The van der Waals surface area contributed by atoms with Gasteiger partial charge in [0, 0.05) is 13.1 Å². The number of benzene rings is 1. The number of esters is 1. The summed E-state index contributed by atoms with van der Waals surface area (Å²) in [5, 5.41) is 2.56. The molecule has 158 valence electrons. The molecule has 1 unspecified atom stereocenters. The minimum Gasteiger partial charge on any atom is -0.469 e. The standard InChI is InChI=1S/C18H20F2N2O6S/c1-27-16(23)10-15-17(24)21-6-7-22(15)29(25,26)14-5-3-11-8-13(28-18(19)20)4-2-12(11)9-14/h2,4,8-9,15,18H,3,5-7,10H2,1H3,(H,21,24). The maximum atomic E-state index is 13.2. The monoisotopic (exact) mass is 430 g/mol. The first kappa shape index (κ1) is 21.2. The van der Waals surface area contributed by atoms with Crippen LogP contribution in [0.3, 0.4) is 0 Å². The zero-order valence-corrected chi connectivity index (χ0v) is 16.4. The summed E-state index contributed by atoms with van der Waals surface area (Å²) in [4.78, 5) is 23.9. The zero-order chi connectivity index (χ0) is 21.2. The fourth-order valence-electron chi connectivity index (χ4n) is 3.39. The van der Waals surface area contributed by atoms with Gasteiger partial charge in [0.2, 0.25) is 15.9 Å². The third kappa shape index (κ3) is 4.56. The van der Waals surface area contributed by atoms with E-state index in [0.29, 0.717) is 17.5 Å². The summed E-state index contributed by atoms with van der Waals surface area (Å²) in [5.74, 6) is -1.25. The van der Waals surface area contributed by atoms with Crippen LogP contribution in [0, 0.1) is 0 Å². The normalized spacial score (nSPS) is 19.9. The number of hydrogen-bond donors (Lipinski definition) is 1. The van der Waals surface area contributed by atoms with Crippen molar-refractivity contribution in [1.29, 1.82) is 0 Å². The predicted molar refractivity (Wildman–Crippen MR) is 98.4 cm³/mol. The quantitative estimate of drug-likeness (QED) is 0.682. The number of amides is 1. The van der Waals surface area contributed by atoms with Crippen molar-refractivity contribution in [2.45, 2.75) is 31.9 Å². The summed E-state index contributed by atoms with van der Waals surface area (Å²) in [5.41, 5.74) is 1.26. The van der Waals surface area contributed by atoms with E-state index in [-0.39, 0.29) is 36.6 Å². The Labute approximate surface area is 166 Å². The average molecular weight is 430 g/mol. The number of sulfonamides is 1. The molecule has 1 fully saturated rings. The lowest BCUT2D eigenvalue weighted by Gasteiger charge is -2.34. The molecule has 11 heteroatoms. The second-order valence-corrected chi connectivity index (χ2v) is 8.50. The van der Waals surface area contributed by atoms with E-state index < -0.39 is 34.6 Å². The molecule has 0 saturated carbocycles. The number of ether oxygens (including phenoxy) is 2. The number of piperazine rings is 1. The summed E-state index contributed by atoms with van der Waals surface area (Å²) >= 11 is 0. The first-order valence-electron chi connectivity index (χ1n) is 8.87. The lowest BCUT2D eigenvalue weighted by molar-refractivity contribution is -0.144. The molecule has 1 aliphatic heterocycles. The molecule has 1 atom stereocenters. The molecule has 1 heterocycles. The van der Waals surface area contributed by atoms with E-state index in [1.807, 2.05) is 0 Å². The van der Waals surface area contributed by atoms with Gasteiger partial charge in [-0.2, -0.15) is 13.1 Å². The molecule has 1 aromatic carbocycles. The molecule has 1 aliphatic carbocycles. The Hall–Kier alpha value is -2.53. The Balaban J connectivity index is 1.89. The van der Waals surface area contributed by atoms with Gasteiger partial charge in [-0.15, -0.1) is 0 Å².